The van der Waals surface area contributed by atoms with Crippen molar-refractivity contribution in [2.45, 2.75) is 25.5 Å². The maximum atomic E-state index is 12.7. The van der Waals surface area contributed by atoms with Crippen molar-refractivity contribution in [3.8, 4) is 11.1 Å². The van der Waals surface area contributed by atoms with Crippen LogP contribution in [0.3, 0.4) is 0 Å². The van der Waals surface area contributed by atoms with E-state index in [0.29, 0.717) is 17.9 Å². The van der Waals surface area contributed by atoms with Gasteiger partial charge in [0.05, 0.1) is 35.4 Å². The number of aliphatic hydroxyl groups is 1. The van der Waals surface area contributed by atoms with E-state index in [1.807, 2.05) is 42.7 Å². The highest BCUT2D eigenvalue weighted by atomic mass is 16.3. The van der Waals surface area contributed by atoms with Gasteiger partial charge in [-0.25, -0.2) is 14.5 Å². The first kappa shape index (κ1) is 19.7. The lowest BCUT2D eigenvalue weighted by Crippen LogP contribution is -2.35. The number of aliphatic hydroxyl groups excluding tert-OH is 1. The number of carbonyl (C=O) groups is 1. The minimum Gasteiger partial charge on any atom is -0.393 e. The number of nitrogens with zero attached hydrogens (tertiary/aromatic N) is 5. The molecular weight excluding hydrogens is 418 g/mol. The van der Waals surface area contributed by atoms with Crippen LogP contribution in [0.2, 0.25) is 0 Å². The molecule has 9 heteroatoms. The fourth-order valence-corrected chi connectivity index (χ4v) is 4.63. The molecule has 1 saturated heterocycles. The summed E-state index contributed by atoms with van der Waals surface area (Å²) >= 11 is 0. The van der Waals surface area contributed by atoms with Crippen LogP contribution < -0.4 is 15.5 Å². The summed E-state index contributed by atoms with van der Waals surface area (Å²) in [6, 6.07) is 9.68. The zero-order valence-corrected chi connectivity index (χ0v) is 17.9. The van der Waals surface area contributed by atoms with Crippen molar-refractivity contribution in [2.75, 3.05) is 23.3 Å². The van der Waals surface area contributed by atoms with Gasteiger partial charge < -0.3 is 20.6 Å². The largest absolute Gasteiger partial charge is 0.393 e. The van der Waals surface area contributed by atoms with Gasteiger partial charge in [0.1, 0.15) is 5.82 Å². The second-order valence-corrected chi connectivity index (χ2v) is 8.39. The van der Waals surface area contributed by atoms with Crippen LogP contribution in [-0.2, 0) is 6.54 Å². The smallest absolute Gasteiger partial charge is 0.254 e. The molecule has 4 aromatic rings. The highest BCUT2D eigenvalue weighted by Crippen LogP contribution is 2.36. The Bertz CT molecular complexity index is 1340. The Labute approximate surface area is 190 Å². The van der Waals surface area contributed by atoms with Crippen molar-refractivity contribution in [2.24, 2.45) is 0 Å². The third kappa shape index (κ3) is 3.46. The van der Waals surface area contributed by atoms with Gasteiger partial charge in [-0.05, 0) is 48.2 Å². The zero-order chi connectivity index (χ0) is 22.4. The highest BCUT2D eigenvalue weighted by Gasteiger charge is 2.27. The molecule has 0 unspecified atom stereocenters. The lowest BCUT2D eigenvalue weighted by atomic mass is 9.97. The van der Waals surface area contributed by atoms with E-state index in [1.165, 1.54) is 0 Å². The average Bonchev–Trinajstić information content (AvgIpc) is 3.45. The Balaban J connectivity index is 1.31. The summed E-state index contributed by atoms with van der Waals surface area (Å²) in [5, 5.41) is 20.4. The van der Waals surface area contributed by atoms with Crippen LogP contribution in [0, 0.1) is 0 Å². The molecule has 3 aromatic heterocycles. The standard InChI is InChI=1S/C24H23N7O2/c32-16-6-10-30(11-7-16)15-2-5-21(26-12-15)29-20-4-3-17(18-13-27-24(33)22(18)20)19-14-28-31-9-1-8-25-23(19)31/h1-5,8-9,12,14,16,32H,6-7,10-11,13H2,(H,26,29)(H,27,33). The first-order chi connectivity index (χ1) is 16.2. The van der Waals surface area contributed by atoms with Crippen molar-refractivity contribution in [3.05, 3.63) is 66.2 Å². The molecule has 0 spiro atoms. The molecular formula is C24H23N7O2. The monoisotopic (exact) mass is 441 g/mol. The third-order valence-corrected chi connectivity index (χ3v) is 6.38. The number of rotatable bonds is 4. The van der Waals surface area contributed by atoms with Crippen LogP contribution in [-0.4, -0.2) is 49.8 Å². The van der Waals surface area contributed by atoms with E-state index in [-0.39, 0.29) is 12.0 Å². The number of amides is 1. The second-order valence-electron chi connectivity index (χ2n) is 8.39. The molecule has 2 aliphatic heterocycles. The highest BCUT2D eigenvalue weighted by molar-refractivity contribution is 6.06. The summed E-state index contributed by atoms with van der Waals surface area (Å²) in [5.74, 6) is 0.561. The van der Waals surface area contributed by atoms with Gasteiger partial charge >= 0.3 is 0 Å². The summed E-state index contributed by atoms with van der Waals surface area (Å²) in [5.41, 5.74) is 5.89. The van der Waals surface area contributed by atoms with E-state index in [2.05, 4.69) is 30.6 Å². The SMILES string of the molecule is O=C1NCc2c(-c3cnn4cccnc34)ccc(Nc3ccc(N4CCC(O)CC4)cn3)c21. The van der Waals surface area contributed by atoms with Crippen molar-refractivity contribution < 1.29 is 9.90 Å². The topological polar surface area (TPSA) is 108 Å². The molecule has 1 fully saturated rings. The number of piperidine rings is 1. The first-order valence-electron chi connectivity index (χ1n) is 11.1. The molecule has 1 aromatic carbocycles. The van der Waals surface area contributed by atoms with Gasteiger partial charge in [0.25, 0.3) is 5.91 Å². The van der Waals surface area contributed by atoms with E-state index >= 15 is 0 Å². The van der Waals surface area contributed by atoms with Crippen molar-refractivity contribution >= 4 is 28.7 Å². The van der Waals surface area contributed by atoms with E-state index in [9.17, 15) is 9.90 Å². The summed E-state index contributed by atoms with van der Waals surface area (Å²) in [4.78, 5) is 24.0. The average molecular weight is 441 g/mol. The molecule has 166 valence electrons. The van der Waals surface area contributed by atoms with Gasteiger partial charge in [0.15, 0.2) is 5.65 Å². The molecule has 1 amide bonds. The molecule has 3 N–H and O–H groups in total. The molecule has 5 heterocycles. The summed E-state index contributed by atoms with van der Waals surface area (Å²) in [7, 11) is 0. The van der Waals surface area contributed by atoms with Crippen LogP contribution in [0.5, 0.6) is 0 Å². The minimum atomic E-state index is -0.206. The van der Waals surface area contributed by atoms with Gasteiger partial charge in [-0.1, -0.05) is 6.07 Å². The number of hydrogen-bond acceptors (Lipinski definition) is 7. The van der Waals surface area contributed by atoms with Gasteiger partial charge in [-0.3, -0.25) is 4.79 Å². The zero-order valence-electron chi connectivity index (χ0n) is 17.9. The molecule has 0 aliphatic carbocycles. The third-order valence-electron chi connectivity index (χ3n) is 6.38. The Kier molecular flexibility index (Phi) is 4.69. The van der Waals surface area contributed by atoms with Crippen LogP contribution in [0.4, 0.5) is 17.2 Å². The number of aromatic nitrogens is 4. The predicted octanol–water partition coefficient (Wildman–Crippen LogP) is 2.74. The molecule has 0 atom stereocenters. The normalized spacial score (nSPS) is 16.2. The quantitative estimate of drug-likeness (QED) is 0.447. The fourth-order valence-electron chi connectivity index (χ4n) is 4.63. The Hall–Kier alpha value is -3.98. The second kappa shape index (κ2) is 7.86. The lowest BCUT2D eigenvalue weighted by molar-refractivity contribution is 0.0966. The summed E-state index contributed by atoms with van der Waals surface area (Å²) in [6.07, 6.45) is 8.55. The van der Waals surface area contributed by atoms with E-state index in [0.717, 1.165) is 59.6 Å². The molecule has 0 saturated carbocycles. The maximum absolute atomic E-state index is 12.7. The van der Waals surface area contributed by atoms with Gasteiger partial charge in [-0.2, -0.15) is 5.10 Å². The molecule has 33 heavy (non-hydrogen) atoms. The molecule has 0 radical (unpaired) electrons. The predicted molar refractivity (Wildman–Crippen MR) is 125 cm³/mol. The number of carbonyl (C=O) groups excluding carboxylic acids is 1. The first-order valence-corrected chi connectivity index (χ1v) is 11.1. The van der Waals surface area contributed by atoms with Crippen molar-refractivity contribution in [1.29, 1.82) is 0 Å². The van der Waals surface area contributed by atoms with Crippen LogP contribution in [0.1, 0.15) is 28.8 Å². The van der Waals surface area contributed by atoms with Crippen molar-refractivity contribution in [1.82, 2.24) is 24.9 Å². The number of pyridine rings is 1. The number of anilines is 3. The lowest BCUT2D eigenvalue weighted by Gasteiger charge is -2.31. The van der Waals surface area contributed by atoms with Crippen LogP contribution in [0.25, 0.3) is 16.8 Å². The Morgan fingerprint density at radius 1 is 1.06 bits per heavy atom. The van der Waals surface area contributed by atoms with Crippen LogP contribution >= 0.6 is 0 Å². The van der Waals surface area contributed by atoms with Gasteiger partial charge in [0, 0.05) is 37.6 Å². The van der Waals surface area contributed by atoms with E-state index in [1.54, 1.807) is 16.9 Å². The number of nitrogens with one attached hydrogen (secondary N) is 2. The van der Waals surface area contributed by atoms with Gasteiger partial charge in [-0.15, -0.1) is 0 Å². The summed E-state index contributed by atoms with van der Waals surface area (Å²) < 4.78 is 1.73. The van der Waals surface area contributed by atoms with Crippen LogP contribution in [0.15, 0.2) is 55.1 Å². The van der Waals surface area contributed by atoms with Crippen molar-refractivity contribution in [3.63, 3.8) is 0 Å². The summed E-state index contributed by atoms with van der Waals surface area (Å²) in [6.45, 7) is 2.10. The maximum Gasteiger partial charge on any atom is 0.254 e. The number of hydrogen-bond donors (Lipinski definition) is 3. The molecule has 0 bridgehead atoms. The molecule has 9 nitrogen and oxygen atoms in total. The Morgan fingerprint density at radius 2 is 1.94 bits per heavy atom. The molecule has 2 aliphatic rings. The number of benzene rings is 1. The van der Waals surface area contributed by atoms with Gasteiger partial charge in [0.2, 0.25) is 0 Å². The Morgan fingerprint density at radius 3 is 2.76 bits per heavy atom. The number of fused-ring (bicyclic) bond motifs is 2. The fraction of sp³-hybridized carbons (Fsp3) is 0.250. The van der Waals surface area contributed by atoms with E-state index in [4.69, 9.17) is 0 Å². The minimum absolute atomic E-state index is 0.109. The van der Waals surface area contributed by atoms with E-state index < -0.39 is 0 Å². The molecule has 6 rings (SSSR count).